The largest absolute Gasteiger partial charge is 0.416 e. The summed E-state index contributed by atoms with van der Waals surface area (Å²) < 4.78 is 40.6. The van der Waals surface area contributed by atoms with Crippen LogP contribution in [0, 0.1) is 0 Å². The summed E-state index contributed by atoms with van der Waals surface area (Å²) in [6.07, 6.45) is -4.57. The molecule has 2 amide bonds. The molecular weight excluding hydrogens is 562 g/mol. The zero-order valence-electron chi connectivity index (χ0n) is 18.8. The summed E-state index contributed by atoms with van der Waals surface area (Å²) in [5, 5.41) is 14.4. The number of rotatable bonds is 8. The van der Waals surface area contributed by atoms with Gasteiger partial charge in [-0.2, -0.15) is 13.2 Å². The summed E-state index contributed by atoms with van der Waals surface area (Å²) >= 11 is 18.8. The molecule has 2 aromatic carbocycles. The van der Waals surface area contributed by atoms with Gasteiger partial charge >= 0.3 is 6.18 Å². The number of hydrogen-bond acceptors (Lipinski definition) is 5. The van der Waals surface area contributed by atoms with Crippen molar-refractivity contribution in [3.63, 3.8) is 0 Å². The molecule has 0 saturated heterocycles. The fourth-order valence-electron chi connectivity index (χ4n) is 3.12. The molecule has 0 saturated carbocycles. The predicted octanol–water partition coefficient (Wildman–Crippen LogP) is 6.50. The number of nitrogens with one attached hydrogen (secondary N) is 2. The molecule has 1 aromatic heterocycles. The van der Waals surface area contributed by atoms with Gasteiger partial charge in [0.25, 0.3) is 5.91 Å². The number of nitrogens with zero attached hydrogens (tertiary/aromatic N) is 3. The molecule has 0 aliphatic carbocycles. The minimum Gasteiger partial charge on any atom is -0.342 e. The van der Waals surface area contributed by atoms with Gasteiger partial charge in [0.1, 0.15) is 0 Å². The first-order chi connectivity index (χ1) is 16.9. The van der Waals surface area contributed by atoms with E-state index in [2.05, 4.69) is 20.8 Å². The zero-order valence-corrected chi connectivity index (χ0v) is 21.9. The predicted molar refractivity (Wildman–Crippen MR) is 134 cm³/mol. The van der Waals surface area contributed by atoms with Gasteiger partial charge in [-0.15, -0.1) is 10.2 Å². The van der Waals surface area contributed by atoms with Crippen LogP contribution in [0.4, 0.5) is 18.9 Å². The van der Waals surface area contributed by atoms with Crippen LogP contribution in [0.15, 0.2) is 41.6 Å². The second kappa shape index (κ2) is 11.7. The molecule has 0 radical (unpaired) electrons. The van der Waals surface area contributed by atoms with Crippen molar-refractivity contribution >= 4 is 64.1 Å². The highest BCUT2D eigenvalue weighted by molar-refractivity contribution is 7.99. The van der Waals surface area contributed by atoms with Gasteiger partial charge in [-0.1, -0.05) is 46.6 Å². The van der Waals surface area contributed by atoms with E-state index < -0.39 is 29.6 Å². The third-order valence-electron chi connectivity index (χ3n) is 4.88. The monoisotopic (exact) mass is 579 g/mol. The summed E-state index contributed by atoms with van der Waals surface area (Å²) in [5.41, 5.74) is -0.756. The highest BCUT2D eigenvalue weighted by Crippen LogP contribution is 2.34. The number of amides is 2. The molecule has 0 spiro atoms. The van der Waals surface area contributed by atoms with Crippen LogP contribution in [0.1, 0.15) is 41.6 Å². The Hall–Kier alpha value is -2.47. The Morgan fingerprint density at radius 2 is 1.75 bits per heavy atom. The Kier molecular flexibility index (Phi) is 9.15. The van der Waals surface area contributed by atoms with E-state index in [9.17, 15) is 22.8 Å². The van der Waals surface area contributed by atoms with Crippen molar-refractivity contribution in [1.29, 1.82) is 0 Å². The quantitative estimate of drug-likeness (QED) is 0.297. The zero-order chi connectivity index (χ0) is 26.6. The Balaban J connectivity index is 1.66. The van der Waals surface area contributed by atoms with Gasteiger partial charge in [-0.25, -0.2) is 0 Å². The molecule has 36 heavy (non-hydrogen) atoms. The second-order valence-corrected chi connectivity index (χ2v) is 9.60. The molecule has 192 valence electrons. The van der Waals surface area contributed by atoms with Gasteiger partial charge in [0.05, 0.1) is 38.1 Å². The third-order valence-corrected chi connectivity index (χ3v) is 6.91. The maximum absolute atomic E-state index is 13.0. The van der Waals surface area contributed by atoms with Crippen LogP contribution < -0.4 is 10.6 Å². The number of carbonyl (C=O) groups excluding carboxylic acids is 2. The van der Waals surface area contributed by atoms with Crippen LogP contribution in [-0.2, 0) is 17.5 Å². The fourth-order valence-corrected chi connectivity index (χ4v) is 4.39. The lowest BCUT2D eigenvalue weighted by atomic mass is 10.2. The molecule has 3 rings (SSSR count). The number of thioether (sulfide) groups is 1. The highest BCUT2D eigenvalue weighted by atomic mass is 35.5. The van der Waals surface area contributed by atoms with Crippen molar-refractivity contribution < 1.29 is 22.8 Å². The second-order valence-electron chi connectivity index (χ2n) is 7.44. The Morgan fingerprint density at radius 1 is 1.06 bits per heavy atom. The van der Waals surface area contributed by atoms with Gasteiger partial charge < -0.3 is 15.2 Å². The molecule has 0 bridgehead atoms. The molecule has 3 aromatic rings. The van der Waals surface area contributed by atoms with E-state index in [0.717, 1.165) is 30.0 Å². The molecule has 0 aliphatic heterocycles. The van der Waals surface area contributed by atoms with Gasteiger partial charge in [-0.3, -0.25) is 9.59 Å². The summed E-state index contributed by atoms with van der Waals surface area (Å²) in [6.45, 7) is 4.01. The third kappa shape index (κ3) is 6.84. The van der Waals surface area contributed by atoms with Crippen molar-refractivity contribution in [3.8, 4) is 0 Å². The van der Waals surface area contributed by atoms with Gasteiger partial charge in [0.15, 0.2) is 11.0 Å². The standard InChI is InChI=1S/C22H19Cl3F3N5O2S/c1-3-33-19(11(2)29-20(35)12-4-6-14(23)16(25)8-12)31-32-21(33)36-10-18(34)30-17-9-13(22(26,27)28)5-7-15(17)24/h4-9,11H,3,10H2,1-2H3,(H,29,35)(H,30,34)/t11-/m0/s1. The fraction of sp³-hybridized carbons (Fsp3) is 0.273. The molecule has 1 atom stereocenters. The Morgan fingerprint density at radius 3 is 2.39 bits per heavy atom. The van der Waals surface area contributed by atoms with Crippen LogP contribution in [0.25, 0.3) is 0 Å². The number of alkyl halides is 3. The summed E-state index contributed by atoms with van der Waals surface area (Å²) in [5.74, 6) is -0.670. The first-order valence-electron chi connectivity index (χ1n) is 10.4. The Labute approximate surface area is 223 Å². The van der Waals surface area contributed by atoms with E-state index in [1.54, 1.807) is 11.5 Å². The van der Waals surface area contributed by atoms with Crippen LogP contribution in [0.5, 0.6) is 0 Å². The average Bonchev–Trinajstić information content (AvgIpc) is 3.23. The molecule has 0 unspecified atom stereocenters. The van der Waals surface area contributed by atoms with Gasteiger partial charge in [0, 0.05) is 12.1 Å². The summed E-state index contributed by atoms with van der Waals surface area (Å²) in [7, 11) is 0. The smallest absolute Gasteiger partial charge is 0.342 e. The number of anilines is 1. The van der Waals surface area contributed by atoms with E-state index in [1.807, 2.05) is 6.92 Å². The minimum absolute atomic E-state index is 0.0214. The summed E-state index contributed by atoms with van der Waals surface area (Å²) in [6, 6.07) is 6.65. The summed E-state index contributed by atoms with van der Waals surface area (Å²) in [4.78, 5) is 25.0. The maximum atomic E-state index is 13.0. The number of halogens is 6. The number of benzene rings is 2. The van der Waals surface area contributed by atoms with Crippen LogP contribution in [-0.4, -0.2) is 32.3 Å². The van der Waals surface area contributed by atoms with Gasteiger partial charge in [-0.05, 0) is 50.2 Å². The number of aromatic nitrogens is 3. The number of carbonyl (C=O) groups is 2. The maximum Gasteiger partial charge on any atom is 0.416 e. The first kappa shape index (κ1) is 28.1. The minimum atomic E-state index is -4.57. The first-order valence-corrected chi connectivity index (χ1v) is 12.5. The van der Waals surface area contributed by atoms with Crippen LogP contribution in [0.2, 0.25) is 15.1 Å². The lowest BCUT2D eigenvalue weighted by molar-refractivity contribution is -0.137. The van der Waals surface area contributed by atoms with Crippen molar-refractivity contribution in [3.05, 3.63) is 68.4 Å². The van der Waals surface area contributed by atoms with E-state index in [1.165, 1.54) is 18.2 Å². The topological polar surface area (TPSA) is 88.9 Å². The molecule has 14 heteroatoms. The lowest BCUT2D eigenvalue weighted by Crippen LogP contribution is -2.28. The number of hydrogen-bond donors (Lipinski definition) is 2. The molecular formula is C22H19Cl3F3N5O2S. The lowest BCUT2D eigenvalue weighted by Gasteiger charge is -2.15. The Bertz CT molecular complexity index is 1290. The normalized spacial score (nSPS) is 12.3. The highest BCUT2D eigenvalue weighted by Gasteiger charge is 2.31. The molecule has 1 heterocycles. The van der Waals surface area contributed by atoms with E-state index >= 15 is 0 Å². The van der Waals surface area contributed by atoms with Crippen LogP contribution >= 0.6 is 46.6 Å². The SMILES string of the molecule is CCn1c(SCC(=O)Nc2cc(C(F)(F)F)ccc2Cl)nnc1[C@H](C)NC(=O)c1ccc(Cl)c(Cl)c1. The van der Waals surface area contributed by atoms with E-state index in [4.69, 9.17) is 34.8 Å². The van der Waals surface area contributed by atoms with Crippen molar-refractivity contribution in [2.75, 3.05) is 11.1 Å². The van der Waals surface area contributed by atoms with Gasteiger partial charge in [0.2, 0.25) is 5.91 Å². The van der Waals surface area contributed by atoms with Crippen molar-refractivity contribution in [1.82, 2.24) is 20.1 Å². The van der Waals surface area contributed by atoms with Crippen molar-refractivity contribution in [2.24, 2.45) is 0 Å². The van der Waals surface area contributed by atoms with Crippen LogP contribution in [0.3, 0.4) is 0 Å². The molecule has 7 nitrogen and oxygen atoms in total. The van der Waals surface area contributed by atoms with Crippen molar-refractivity contribution in [2.45, 2.75) is 37.8 Å². The molecule has 0 aliphatic rings. The molecule has 0 fully saturated rings. The van der Waals surface area contributed by atoms with E-state index in [0.29, 0.717) is 28.1 Å². The average molecular weight is 581 g/mol. The van der Waals surface area contributed by atoms with E-state index in [-0.39, 0.29) is 21.5 Å². The molecule has 2 N–H and O–H groups in total.